The molecule has 2 aliphatic heterocycles. The van der Waals surface area contributed by atoms with E-state index in [2.05, 4.69) is 10.3 Å². The number of carbonyl (C=O) groups is 3. The van der Waals surface area contributed by atoms with E-state index in [4.69, 9.17) is 14.2 Å². The molecule has 42 heavy (non-hydrogen) atoms. The Morgan fingerprint density at radius 2 is 2.02 bits per heavy atom. The molecule has 4 bridgehead atoms. The van der Waals surface area contributed by atoms with E-state index in [1.54, 1.807) is 24.3 Å². The Morgan fingerprint density at radius 1 is 1.17 bits per heavy atom. The van der Waals surface area contributed by atoms with Gasteiger partial charge in [0.15, 0.2) is 11.5 Å². The van der Waals surface area contributed by atoms with E-state index in [1.807, 2.05) is 36.1 Å². The first kappa shape index (κ1) is 28.9. The SMILES string of the molecule is CCCN1CC(=O)N[C@H]2CCN(c3ccnc(C(=O)O)c3)C[C@@H]2OCc2cccc(c2)Oc2cc(ccc2OC)C1=O. The number of carbonyl (C=O) groups excluding carboxylic acids is 2. The maximum absolute atomic E-state index is 13.5. The van der Waals surface area contributed by atoms with Crippen molar-refractivity contribution >= 4 is 23.5 Å². The lowest BCUT2D eigenvalue weighted by atomic mass is 10.0. The van der Waals surface area contributed by atoms with Crippen molar-refractivity contribution in [3.8, 4) is 17.2 Å². The Labute approximate surface area is 244 Å². The van der Waals surface area contributed by atoms with Gasteiger partial charge in [0.1, 0.15) is 11.4 Å². The van der Waals surface area contributed by atoms with Gasteiger partial charge in [0.05, 0.1) is 32.4 Å². The van der Waals surface area contributed by atoms with Gasteiger partial charge in [0.25, 0.3) is 5.91 Å². The predicted molar refractivity (Wildman–Crippen MR) is 154 cm³/mol. The Hall–Kier alpha value is -4.64. The fourth-order valence-electron chi connectivity index (χ4n) is 5.27. The highest BCUT2D eigenvalue weighted by atomic mass is 16.5. The number of pyridine rings is 1. The average Bonchev–Trinajstić information content (AvgIpc) is 2.99. The second-order valence-corrected chi connectivity index (χ2v) is 10.3. The van der Waals surface area contributed by atoms with Crippen molar-refractivity contribution in [1.82, 2.24) is 15.2 Å². The molecule has 2 aromatic carbocycles. The standard InChI is InChI=1S/C31H34N4O7/c1-3-12-35-18-29(36)33-24-10-13-34(22-9-11-32-25(16-22)31(38)39)17-28(24)41-19-20-5-4-6-23(14-20)42-27-15-21(30(35)37)7-8-26(27)40-2/h4-9,11,14-16,24,28H,3,10,12-13,17-19H2,1-2H3,(H,33,36)(H,38,39)/t24-,28-/m0/s1. The minimum absolute atomic E-state index is 0.0409. The fraction of sp³-hybridized carbons (Fsp3) is 0.355. The zero-order valence-electron chi connectivity index (χ0n) is 23.6. The van der Waals surface area contributed by atoms with Gasteiger partial charge in [0.2, 0.25) is 5.91 Å². The van der Waals surface area contributed by atoms with Crippen molar-refractivity contribution in [2.45, 2.75) is 38.5 Å². The minimum atomic E-state index is -1.10. The summed E-state index contributed by atoms with van der Waals surface area (Å²) in [5.41, 5.74) is 1.93. The first-order valence-electron chi connectivity index (χ1n) is 13.9. The van der Waals surface area contributed by atoms with Gasteiger partial charge in [0, 0.05) is 37.1 Å². The largest absolute Gasteiger partial charge is 0.493 e. The number of ether oxygens (including phenoxy) is 3. The van der Waals surface area contributed by atoms with E-state index >= 15 is 0 Å². The third-order valence-corrected chi connectivity index (χ3v) is 7.35. The molecule has 0 unspecified atom stereocenters. The first-order chi connectivity index (χ1) is 20.3. The number of nitrogens with zero attached hydrogens (tertiary/aromatic N) is 3. The monoisotopic (exact) mass is 574 g/mol. The van der Waals surface area contributed by atoms with Crippen LogP contribution in [0.5, 0.6) is 17.2 Å². The maximum Gasteiger partial charge on any atom is 0.354 e. The van der Waals surface area contributed by atoms with Crippen LogP contribution < -0.4 is 19.7 Å². The quantitative estimate of drug-likeness (QED) is 0.468. The van der Waals surface area contributed by atoms with Crippen LogP contribution in [0.1, 0.15) is 46.2 Å². The summed E-state index contributed by atoms with van der Waals surface area (Å²) in [5.74, 6) is -0.242. The molecule has 2 atom stereocenters. The summed E-state index contributed by atoms with van der Waals surface area (Å²) in [6.45, 7) is 3.51. The highest BCUT2D eigenvalue weighted by molar-refractivity contribution is 5.97. The van der Waals surface area contributed by atoms with Gasteiger partial charge < -0.3 is 34.4 Å². The van der Waals surface area contributed by atoms with Crippen molar-refractivity contribution in [2.75, 3.05) is 38.2 Å². The van der Waals surface area contributed by atoms with E-state index in [1.165, 1.54) is 24.3 Å². The molecule has 0 aliphatic carbocycles. The number of aromatic carboxylic acids is 1. The first-order valence-corrected chi connectivity index (χ1v) is 13.9. The van der Waals surface area contributed by atoms with Crippen molar-refractivity contribution in [3.63, 3.8) is 0 Å². The van der Waals surface area contributed by atoms with Crippen LogP contribution in [-0.4, -0.2) is 78.2 Å². The van der Waals surface area contributed by atoms with Crippen LogP contribution in [0, 0.1) is 0 Å². The molecule has 0 radical (unpaired) electrons. The van der Waals surface area contributed by atoms with Crippen LogP contribution in [-0.2, 0) is 16.1 Å². The van der Waals surface area contributed by atoms with Crippen LogP contribution in [0.15, 0.2) is 60.8 Å². The van der Waals surface area contributed by atoms with E-state index in [9.17, 15) is 19.5 Å². The molecule has 1 saturated heterocycles. The summed E-state index contributed by atoms with van der Waals surface area (Å²) in [6.07, 6.45) is 2.31. The van der Waals surface area contributed by atoms with Crippen molar-refractivity contribution in [3.05, 3.63) is 77.6 Å². The number of amides is 2. The van der Waals surface area contributed by atoms with Crippen molar-refractivity contribution < 1.29 is 33.7 Å². The number of hydrogen-bond donors (Lipinski definition) is 2. The molecule has 11 heteroatoms. The Bertz CT molecular complexity index is 1460. The summed E-state index contributed by atoms with van der Waals surface area (Å²) in [6, 6.07) is 15.4. The summed E-state index contributed by atoms with van der Waals surface area (Å²) in [4.78, 5) is 45.8. The van der Waals surface area contributed by atoms with Gasteiger partial charge in [-0.2, -0.15) is 0 Å². The number of rotatable bonds is 5. The molecule has 2 N–H and O–H groups in total. The van der Waals surface area contributed by atoms with Crippen LogP contribution >= 0.6 is 0 Å². The molecule has 11 nitrogen and oxygen atoms in total. The lowest BCUT2D eigenvalue weighted by molar-refractivity contribution is -0.124. The van der Waals surface area contributed by atoms with Crippen LogP contribution in [0.2, 0.25) is 0 Å². The number of carboxylic acid groups (broad SMARTS) is 1. The van der Waals surface area contributed by atoms with E-state index < -0.39 is 12.1 Å². The zero-order chi connectivity index (χ0) is 29.6. The summed E-state index contributed by atoms with van der Waals surface area (Å²) < 4.78 is 18.0. The topological polar surface area (TPSA) is 131 Å². The number of benzene rings is 2. The van der Waals surface area contributed by atoms with Crippen molar-refractivity contribution in [1.29, 1.82) is 0 Å². The number of fused-ring (bicyclic) bond motifs is 5. The Balaban J connectivity index is 1.46. The maximum atomic E-state index is 13.5. The van der Waals surface area contributed by atoms with E-state index in [0.717, 1.165) is 5.56 Å². The molecule has 1 aromatic heterocycles. The number of methoxy groups -OCH3 is 1. The van der Waals surface area contributed by atoms with E-state index in [0.29, 0.717) is 61.0 Å². The molecule has 5 rings (SSSR count). The predicted octanol–water partition coefficient (Wildman–Crippen LogP) is 3.73. The van der Waals surface area contributed by atoms with Gasteiger partial charge >= 0.3 is 5.97 Å². The minimum Gasteiger partial charge on any atom is -0.493 e. The smallest absolute Gasteiger partial charge is 0.354 e. The Morgan fingerprint density at radius 3 is 2.81 bits per heavy atom. The van der Waals surface area contributed by atoms with Gasteiger partial charge in [-0.25, -0.2) is 9.78 Å². The van der Waals surface area contributed by atoms with E-state index in [-0.39, 0.29) is 36.7 Å². The number of nitrogens with one attached hydrogen (secondary N) is 1. The molecular weight excluding hydrogens is 540 g/mol. The number of hydrogen-bond acceptors (Lipinski definition) is 8. The summed E-state index contributed by atoms with van der Waals surface area (Å²) >= 11 is 0. The molecule has 3 heterocycles. The van der Waals surface area contributed by atoms with Gasteiger partial charge in [-0.3, -0.25) is 9.59 Å². The highest BCUT2D eigenvalue weighted by Crippen LogP contribution is 2.33. The molecule has 2 aliphatic rings. The van der Waals surface area contributed by atoms with Crippen LogP contribution in [0.3, 0.4) is 0 Å². The molecule has 0 spiro atoms. The van der Waals surface area contributed by atoms with Gasteiger partial charge in [-0.05, 0) is 60.9 Å². The molecule has 2 amide bonds. The zero-order valence-corrected chi connectivity index (χ0v) is 23.6. The van der Waals surface area contributed by atoms with Crippen LogP contribution in [0.25, 0.3) is 0 Å². The lowest BCUT2D eigenvalue weighted by Gasteiger charge is -2.40. The average molecular weight is 575 g/mol. The summed E-state index contributed by atoms with van der Waals surface area (Å²) in [5, 5.41) is 12.5. The second-order valence-electron chi connectivity index (χ2n) is 10.3. The third-order valence-electron chi connectivity index (χ3n) is 7.35. The Kier molecular flexibility index (Phi) is 8.87. The van der Waals surface area contributed by atoms with Crippen molar-refractivity contribution in [2.24, 2.45) is 0 Å². The second kappa shape index (κ2) is 12.9. The van der Waals surface area contributed by atoms with Crippen LogP contribution in [0.4, 0.5) is 5.69 Å². The fourth-order valence-corrected chi connectivity index (χ4v) is 5.27. The lowest BCUT2D eigenvalue weighted by Crippen LogP contribution is -2.56. The van der Waals surface area contributed by atoms with Gasteiger partial charge in [-0.15, -0.1) is 0 Å². The summed E-state index contributed by atoms with van der Waals surface area (Å²) in [7, 11) is 1.53. The molecule has 1 fully saturated rings. The number of carboxylic acids is 1. The third kappa shape index (κ3) is 6.63. The molecule has 0 saturated carbocycles. The number of aromatic nitrogens is 1. The molecular formula is C31H34N4O7. The molecule has 220 valence electrons. The highest BCUT2D eigenvalue weighted by Gasteiger charge is 2.33. The van der Waals surface area contributed by atoms with Gasteiger partial charge in [-0.1, -0.05) is 19.1 Å². The number of piperidine rings is 1. The number of anilines is 1. The molecule has 3 aromatic rings. The normalized spacial score (nSPS) is 19.4.